The van der Waals surface area contributed by atoms with E-state index >= 15 is 0 Å². The zero-order valence-electron chi connectivity index (χ0n) is 18.3. The summed E-state index contributed by atoms with van der Waals surface area (Å²) in [4.78, 5) is 21.2. The maximum Gasteiger partial charge on any atom is 0.244 e. The third-order valence-corrected chi connectivity index (χ3v) is 5.10. The Labute approximate surface area is 170 Å². The molecule has 0 aliphatic heterocycles. The van der Waals surface area contributed by atoms with Crippen LogP contribution in [0.25, 0.3) is 0 Å². The number of rotatable bonds is 16. The second-order valence-electron chi connectivity index (χ2n) is 7.36. The first-order chi connectivity index (χ1) is 13.7. The van der Waals surface area contributed by atoms with Crippen molar-refractivity contribution in [2.75, 3.05) is 19.5 Å². The van der Waals surface area contributed by atoms with Crippen molar-refractivity contribution in [3.05, 3.63) is 6.33 Å². The molecule has 1 heterocycles. The molecule has 1 aromatic heterocycles. The molecule has 0 radical (unpaired) electrons. The van der Waals surface area contributed by atoms with Crippen LogP contribution in [-0.4, -0.2) is 30.1 Å². The Balaban J connectivity index is 2.71. The zero-order valence-corrected chi connectivity index (χ0v) is 18.3. The van der Waals surface area contributed by atoms with E-state index in [0.717, 1.165) is 25.7 Å². The lowest BCUT2D eigenvalue weighted by Gasteiger charge is -2.18. The monoisotopic (exact) mass is 393 g/mol. The van der Waals surface area contributed by atoms with Crippen LogP contribution in [0, 0.1) is 5.92 Å². The van der Waals surface area contributed by atoms with Gasteiger partial charge in [-0.05, 0) is 12.8 Å². The van der Waals surface area contributed by atoms with Gasteiger partial charge in [-0.3, -0.25) is 4.79 Å². The number of aromatic nitrogens is 2. The van der Waals surface area contributed by atoms with Gasteiger partial charge in [0, 0.05) is 5.92 Å². The minimum Gasteiger partial charge on any atom is -0.479 e. The molecule has 1 N–H and O–H groups in total. The summed E-state index contributed by atoms with van der Waals surface area (Å²) in [5.41, 5.74) is 0.416. The van der Waals surface area contributed by atoms with Gasteiger partial charge in [-0.25, -0.2) is 0 Å². The fourth-order valence-electron chi connectivity index (χ4n) is 3.39. The molecule has 0 unspecified atom stereocenters. The van der Waals surface area contributed by atoms with Crippen LogP contribution in [0.3, 0.4) is 0 Å². The van der Waals surface area contributed by atoms with Gasteiger partial charge in [0.05, 0.1) is 14.2 Å². The predicted octanol–water partition coefficient (Wildman–Crippen LogP) is 5.77. The number of nitrogens with zero attached hydrogens (tertiary/aromatic N) is 2. The van der Waals surface area contributed by atoms with Crippen molar-refractivity contribution in [3.8, 4) is 11.8 Å². The molecular weight excluding hydrogens is 354 g/mol. The summed E-state index contributed by atoms with van der Waals surface area (Å²) in [6.45, 7) is 4.44. The molecule has 1 amide bonds. The number of carbonyl (C=O) groups excluding carboxylic acids is 1. The summed E-state index contributed by atoms with van der Waals surface area (Å²) >= 11 is 0. The SMILES string of the molecule is CCCCCCCC(CCCCCCC)C(=O)Nc1c(OC)ncnc1OC. The van der Waals surface area contributed by atoms with Crippen molar-refractivity contribution in [3.63, 3.8) is 0 Å². The van der Waals surface area contributed by atoms with Crippen molar-refractivity contribution in [1.29, 1.82) is 0 Å². The second kappa shape index (κ2) is 15.1. The Morgan fingerprint density at radius 1 is 0.857 bits per heavy atom. The van der Waals surface area contributed by atoms with E-state index in [1.165, 1.54) is 71.9 Å². The molecule has 0 aliphatic carbocycles. The number of carbonyl (C=O) groups is 1. The minimum absolute atomic E-state index is 0.00197. The van der Waals surface area contributed by atoms with Gasteiger partial charge in [-0.2, -0.15) is 9.97 Å². The first-order valence-electron chi connectivity index (χ1n) is 10.9. The van der Waals surface area contributed by atoms with Gasteiger partial charge in [0.1, 0.15) is 6.33 Å². The molecule has 6 heteroatoms. The van der Waals surface area contributed by atoms with E-state index in [4.69, 9.17) is 9.47 Å². The highest BCUT2D eigenvalue weighted by Gasteiger charge is 2.22. The molecule has 0 aliphatic rings. The maximum absolute atomic E-state index is 13.0. The molecule has 0 fully saturated rings. The zero-order chi connectivity index (χ0) is 20.6. The fourth-order valence-corrected chi connectivity index (χ4v) is 3.39. The maximum atomic E-state index is 13.0. The van der Waals surface area contributed by atoms with Crippen LogP contribution in [0.15, 0.2) is 6.33 Å². The smallest absolute Gasteiger partial charge is 0.244 e. The van der Waals surface area contributed by atoms with Gasteiger partial charge in [0.15, 0.2) is 5.69 Å². The lowest BCUT2D eigenvalue weighted by atomic mass is 9.93. The van der Waals surface area contributed by atoms with Gasteiger partial charge < -0.3 is 14.8 Å². The summed E-state index contributed by atoms with van der Waals surface area (Å²) in [6, 6.07) is 0. The third-order valence-electron chi connectivity index (χ3n) is 5.10. The molecule has 0 bridgehead atoms. The number of nitrogens with one attached hydrogen (secondary N) is 1. The molecule has 0 spiro atoms. The van der Waals surface area contributed by atoms with E-state index in [9.17, 15) is 4.79 Å². The number of anilines is 1. The van der Waals surface area contributed by atoms with Crippen LogP contribution >= 0.6 is 0 Å². The molecule has 160 valence electrons. The fraction of sp³-hybridized carbons (Fsp3) is 0.773. The van der Waals surface area contributed by atoms with Gasteiger partial charge in [-0.15, -0.1) is 0 Å². The topological polar surface area (TPSA) is 73.3 Å². The van der Waals surface area contributed by atoms with E-state index < -0.39 is 0 Å². The van der Waals surface area contributed by atoms with Crippen LogP contribution in [0.4, 0.5) is 5.69 Å². The molecule has 0 saturated heterocycles. The first kappa shape index (κ1) is 24.2. The van der Waals surface area contributed by atoms with E-state index in [2.05, 4.69) is 29.1 Å². The Morgan fingerprint density at radius 2 is 1.32 bits per heavy atom. The van der Waals surface area contributed by atoms with Crippen molar-refractivity contribution >= 4 is 11.6 Å². The standard InChI is InChI=1S/C22H39N3O3/c1-5-7-9-11-13-15-18(16-14-12-10-8-6-2)20(26)25-19-21(27-3)23-17-24-22(19)28-4/h17-18H,5-16H2,1-4H3,(H,25,26). The van der Waals surface area contributed by atoms with Gasteiger partial charge in [-0.1, -0.05) is 78.1 Å². The Bertz CT molecular complexity index is 516. The highest BCUT2D eigenvalue weighted by molar-refractivity contribution is 5.94. The summed E-state index contributed by atoms with van der Waals surface area (Å²) < 4.78 is 10.5. The highest BCUT2D eigenvalue weighted by Crippen LogP contribution is 2.31. The quantitative estimate of drug-likeness (QED) is 0.361. The van der Waals surface area contributed by atoms with Crippen LogP contribution in [0.1, 0.15) is 90.9 Å². The van der Waals surface area contributed by atoms with Gasteiger partial charge in [0.25, 0.3) is 0 Å². The molecule has 6 nitrogen and oxygen atoms in total. The average Bonchev–Trinajstić information content (AvgIpc) is 2.71. The number of unbranched alkanes of at least 4 members (excludes halogenated alkanes) is 8. The summed E-state index contributed by atoms with van der Waals surface area (Å²) in [5.74, 6) is 0.657. The van der Waals surface area contributed by atoms with E-state index in [1.807, 2.05) is 0 Å². The number of methoxy groups -OCH3 is 2. The van der Waals surface area contributed by atoms with Crippen LogP contribution in [0.2, 0.25) is 0 Å². The molecular formula is C22H39N3O3. The Kier molecular flexibility index (Phi) is 13.1. The van der Waals surface area contributed by atoms with Gasteiger partial charge in [0.2, 0.25) is 17.7 Å². The largest absolute Gasteiger partial charge is 0.479 e. The molecule has 0 saturated carbocycles. The summed E-state index contributed by atoms with van der Waals surface area (Å²) in [5, 5.41) is 2.97. The van der Waals surface area contributed by atoms with Gasteiger partial charge >= 0.3 is 0 Å². The van der Waals surface area contributed by atoms with Crippen LogP contribution in [0.5, 0.6) is 11.8 Å². The molecule has 28 heavy (non-hydrogen) atoms. The lowest BCUT2D eigenvalue weighted by Crippen LogP contribution is -2.24. The predicted molar refractivity (Wildman–Crippen MR) is 114 cm³/mol. The molecule has 0 aromatic carbocycles. The van der Waals surface area contributed by atoms with Crippen LogP contribution in [-0.2, 0) is 4.79 Å². The van der Waals surface area contributed by atoms with Crippen molar-refractivity contribution in [1.82, 2.24) is 9.97 Å². The number of amides is 1. The van der Waals surface area contributed by atoms with Crippen molar-refractivity contribution in [2.24, 2.45) is 5.92 Å². The molecule has 1 rings (SSSR count). The number of ether oxygens (including phenoxy) is 2. The average molecular weight is 394 g/mol. The highest BCUT2D eigenvalue weighted by atomic mass is 16.5. The second-order valence-corrected chi connectivity index (χ2v) is 7.36. The Hall–Kier alpha value is -1.85. The van der Waals surface area contributed by atoms with E-state index in [0.29, 0.717) is 17.4 Å². The number of hydrogen-bond acceptors (Lipinski definition) is 5. The molecule has 0 atom stereocenters. The summed E-state index contributed by atoms with van der Waals surface area (Å²) in [7, 11) is 3.05. The van der Waals surface area contributed by atoms with E-state index in [1.54, 1.807) is 0 Å². The summed E-state index contributed by atoms with van der Waals surface area (Å²) in [6.07, 6.45) is 15.3. The van der Waals surface area contributed by atoms with Crippen molar-refractivity contribution in [2.45, 2.75) is 90.9 Å². The first-order valence-corrected chi connectivity index (χ1v) is 10.9. The Morgan fingerprint density at radius 3 is 1.75 bits per heavy atom. The third kappa shape index (κ3) is 8.89. The lowest BCUT2D eigenvalue weighted by molar-refractivity contribution is -0.120. The minimum atomic E-state index is -0.00197. The normalized spacial score (nSPS) is 10.9. The molecule has 1 aromatic rings. The van der Waals surface area contributed by atoms with Crippen LogP contribution < -0.4 is 14.8 Å². The van der Waals surface area contributed by atoms with Crippen molar-refractivity contribution < 1.29 is 14.3 Å². The number of hydrogen-bond donors (Lipinski definition) is 1. The van der Waals surface area contributed by atoms with E-state index in [-0.39, 0.29) is 11.8 Å².